The third-order valence-corrected chi connectivity index (χ3v) is 11.6. The van der Waals surface area contributed by atoms with E-state index in [1.807, 2.05) is 12.2 Å². The molecule has 0 aromatic heterocycles. The summed E-state index contributed by atoms with van der Waals surface area (Å²) in [6.45, 7) is 4.30. The van der Waals surface area contributed by atoms with Crippen LogP contribution in [0, 0.1) is 17.8 Å². The van der Waals surface area contributed by atoms with Gasteiger partial charge in [-0.2, -0.15) is 0 Å². The molecule has 13 nitrogen and oxygen atoms in total. The molecule has 0 heterocycles. The van der Waals surface area contributed by atoms with Gasteiger partial charge in [-0.25, -0.2) is 4.57 Å². The zero-order valence-electron chi connectivity index (χ0n) is 36.6. The molecular weight excluding hydrogens is 779 g/mol. The van der Waals surface area contributed by atoms with Gasteiger partial charge in [0.25, 0.3) is 0 Å². The number of hydrogen-bond acceptors (Lipinski definition) is 12. The molecule has 344 valence electrons. The molecule has 0 bridgehead atoms. The molecule has 59 heavy (non-hydrogen) atoms. The van der Waals surface area contributed by atoms with E-state index >= 15 is 0 Å². The monoisotopic (exact) mass is 861 g/mol. The molecular formula is C45H81O13P. The molecule has 1 rings (SSSR count). The van der Waals surface area contributed by atoms with E-state index in [0.717, 1.165) is 44.4 Å². The van der Waals surface area contributed by atoms with Crippen molar-refractivity contribution in [2.45, 2.75) is 199 Å². The van der Waals surface area contributed by atoms with Crippen LogP contribution in [-0.2, 0) is 37.5 Å². The lowest BCUT2D eigenvalue weighted by atomic mass is 9.90. The van der Waals surface area contributed by atoms with Crippen molar-refractivity contribution in [1.82, 2.24) is 0 Å². The van der Waals surface area contributed by atoms with Crippen molar-refractivity contribution in [2.24, 2.45) is 17.8 Å². The van der Waals surface area contributed by atoms with Gasteiger partial charge in [0.1, 0.15) is 18.5 Å². The molecule has 1 aliphatic carbocycles. The first-order valence-electron chi connectivity index (χ1n) is 22.8. The number of carbonyl (C=O) groups is 3. The van der Waals surface area contributed by atoms with E-state index in [1.165, 1.54) is 64.2 Å². The standard InChI is InChI=1S/C45H81O13P/c1-4-5-19-25-37(47)29-30-41-40(42(49)31-43(41)50)26-21-17-18-23-28-45(52)58-39(35-57-59(53,54)56-33-38(48)32-46)34-55-44(51)27-22-16-14-12-10-8-6-7-9-11-13-15-20-24-36(2)3/h17,21,29-30,36-42,46-49H,4-16,18-20,22-28,31-35H2,1-3H3,(H,53,54)/b21-17-,30-29+/t37-,38-,39+,40+,41+,42-/m0/s1. The number of phosphoric acid groups is 1. The van der Waals surface area contributed by atoms with E-state index in [0.29, 0.717) is 32.1 Å². The number of carbonyl (C=O) groups excluding carboxylic acids is 3. The summed E-state index contributed by atoms with van der Waals surface area (Å²) in [5.74, 6) is -1.13. The first-order chi connectivity index (χ1) is 28.3. The molecule has 0 amide bonds. The molecule has 0 radical (unpaired) electrons. The van der Waals surface area contributed by atoms with Crippen LogP contribution in [0.1, 0.15) is 175 Å². The molecule has 0 saturated heterocycles. The molecule has 1 fully saturated rings. The Labute approximate surface area is 355 Å². The molecule has 1 saturated carbocycles. The van der Waals surface area contributed by atoms with Crippen LogP contribution in [0.5, 0.6) is 0 Å². The highest BCUT2D eigenvalue weighted by molar-refractivity contribution is 7.47. The summed E-state index contributed by atoms with van der Waals surface area (Å²) < 4.78 is 32.7. The fraction of sp³-hybridized carbons (Fsp3) is 0.844. The van der Waals surface area contributed by atoms with Crippen LogP contribution in [0.3, 0.4) is 0 Å². The maximum absolute atomic E-state index is 12.7. The van der Waals surface area contributed by atoms with Gasteiger partial charge in [-0.15, -0.1) is 0 Å². The van der Waals surface area contributed by atoms with Gasteiger partial charge in [0.05, 0.1) is 32.0 Å². The fourth-order valence-electron chi connectivity index (χ4n) is 7.04. The van der Waals surface area contributed by atoms with Crippen LogP contribution >= 0.6 is 7.82 Å². The molecule has 7 atom stereocenters. The number of ether oxygens (including phenoxy) is 2. The number of aliphatic hydroxyl groups excluding tert-OH is 4. The lowest BCUT2D eigenvalue weighted by Gasteiger charge is -2.20. The summed E-state index contributed by atoms with van der Waals surface area (Å²) in [6, 6.07) is 0. The van der Waals surface area contributed by atoms with Gasteiger partial charge in [-0.3, -0.25) is 23.4 Å². The second kappa shape index (κ2) is 34.6. The molecule has 0 aromatic carbocycles. The minimum atomic E-state index is -4.69. The lowest BCUT2D eigenvalue weighted by molar-refractivity contribution is -0.161. The molecule has 5 N–H and O–H groups in total. The van der Waals surface area contributed by atoms with Crippen LogP contribution in [0.15, 0.2) is 24.3 Å². The second-order valence-electron chi connectivity index (χ2n) is 16.7. The second-order valence-corrected chi connectivity index (χ2v) is 18.1. The van der Waals surface area contributed by atoms with Gasteiger partial charge in [-0.05, 0) is 38.0 Å². The van der Waals surface area contributed by atoms with Crippen molar-refractivity contribution < 1.29 is 62.8 Å². The Morgan fingerprint density at radius 1 is 0.780 bits per heavy atom. The zero-order valence-corrected chi connectivity index (χ0v) is 37.5. The highest BCUT2D eigenvalue weighted by atomic mass is 31.2. The summed E-state index contributed by atoms with van der Waals surface area (Å²) in [4.78, 5) is 47.7. The topological polar surface area (TPSA) is 206 Å². The number of phosphoric ester groups is 1. The summed E-state index contributed by atoms with van der Waals surface area (Å²) in [6.07, 6.45) is 25.1. The summed E-state index contributed by atoms with van der Waals surface area (Å²) >= 11 is 0. The van der Waals surface area contributed by atoms with Crippen LogP contribution in [0.4, 0.5) is 0 Å². The fourth-order valence-corrected chi connectivity index (χ4v) is 7.83. The van der Waals surface area contributed by atoms with Gasteiger partial charge in [0, 0.05) is 31.1 Å². The maximum atomic E-state index is 12.7. The number of aliphatic hydroxyl groups is 4. The van der Waals surface area contributed by atoms with E-state index in [1.54, 1.807) is 12.2 Å². The Bertz CT molecular complexity index is 1210. The van der Waals surface area contributed by atoms with Gasteiger partial charge in [0.15, 0.2) is 6.10 Å². The Morgan fingerprint density at radius 2 is 1.36 bits per heavy atom. The van der Waals surface area contributed by atoms with E-state index in [-0.39, 0.29) is 31.0 Å². The number of rotatable bonds is 38. The smallest absolute Gasteiger partial charge is 0.462 e. The Balaban J connectivity index is 2.45. The number of ketones is 1. The van der Waals surface area contributed by atoms with Crippen molar-refractivity contribution in [1.29, 1.82) is 0 Å². The van der Waals surface area contributed by atoms with Crippen LogP contribution < -0.4 is 0 Å². The molecule has 1 aliphatic rings. The van der Waals surface area contributed by atoms with E-state index in [2.05, 4.69) is 25.3 Å². The van der Waals surface area contributed by atoms with Gasteiger partial charge in [-0.1, -0.05) is 148 Å². The zero-order chi connectivity index (χ0) is 43.7. The highest BCUT2D eigenvalue weighted by Gasteiger charge is 2.39. The van der Waals surface area contributed by atoms with Crippen molar-refractivity contribution in [3.8, 4) is 0 Å². The largest absolute Gasteiger partial charge is 0.472 e. The van der Waals surface area contributed by atoms with Gasteiger partial charge in [0.2, 0.25) is 0 Å². The van der Waals surface area contributed by atoms with Crippen molar-refractivity contribution >= 4 is 25.5 Å². The van der Waals surface area contributed by atoms with E-state index in [4.69, 9.17) is 19.1 Å². The number of esters is 2. The Morgan fingerprint density at radius 3 is 1.97 bits per heavy atom. The van der Waals surface area contributed by atoms with E-state index < -0.39 is 76.5 Å². The average Bonchev–Trinajstić information content (AvgIpc) is 3.47. The minimum Gasteiger partial charge on any atom is -0.462 e. The Hall–Kier alpha value is -1.96. The summed E-state index contributed by atoms with van der Waals surface area (Å²) in [5, 5.41) is 39.1. The van der Waals surface area contributed by atoms with Crippen LogP contribution in [0.2, 0.25) is 0 Å². The van der Waals surface area contributed by atoms with Gasteiger partial charge < -0.3 is 34.8 Å². The molecule has 0 aliphatic heterocycles. The average molecular weight is 861 g/mol. The molecule has 14 heteroatoms. The predicted molar refractivity (Wildman–Crippen MR) is 229 cm³/mol. The SMILES string of the molecule is CCCCC[C@H](O)/C=C/[C@H]1C(=O)C[C@H](O)[C@@H]1C/C=C\CCCC(=O)O[C@H](COC(=O)CCCCCCCCCCCCCCCC(C)C)COP(=O)(O)OC[C@@H](O)CO. The highest BCUT2D eigenvalue weighted by Crippen LogP contribution is 2.43. The number of allylic oxidation sites excluding steroid dienone is 3. The third-order valence-electron chi connectivity index (χ3n) is 10.7. The van der Waals surface area contributed by atoms with E-state index in [9.17, 15) is 39.2 Å². The molecule has 1 unspecified atom stereocenters. The third kappa shape index (κ3) is 29.9. The Kier molecular flexibility index (Phi) is 32.3. The lowest BCUT2D eigenvalue weighted by Crippen LogP contribution is -2.29. The normalized spacial score (nSPS) is 19.7. The maximum Gasteiger partial charge on any atom is 0.472 e. The van der Waals surface area contributed by atoms with Gasteiger partial charge >= 0.3 is 19.8 Å². The summed E-state index contributed by atoms with van der Waals surface area (Å²) in [7, 11) is -4.69. The minimum absolute atomic E-state index is 0.00481. The van der Waals surface area contributed by atoms with Crippen LogP contribution in [-0.4, -0.2) is 93.9 Å². The predicted octanol–water partition coefficient (Wildman–Crippen LogP) is 8.62. The molecule has 0 aromatic rings. The number of hydrogen-bond donors (Lipinski definition) is 5. The number of unbranched alkanes of at least 4 members (excludes halogenated alkanes) is 15. The quantitative estimate of drug-likeness (QED) is 0.0171. The first kappa shape index (κ1) is 55.1. The van der Waals surface area contributed by atoms with Crippen molar-refractivity contribution in [3.05, 3.63) is 24.3 Å². The number of Topliss-reactive ketones (excluding diaryl/α,β-unsaturated/α-hetero) is 1. The van der Waals surface area contributed by atoms with Crippen molar-refractivity contribution in [3.63, 3.8) is 0 Å². The first-order valence-corrected chi connectivity index (χ1v) is 24.2. The van der Waals surface area contributed by atoms with Crippen molar-refractivity contribution in [2.75, 3.05) is 26.4 Å². The van der Waals surface area contributed by atoms with Crippen LogP contribution in [0.25, 0.3) is 0 Å². The molecule has 0 spiro atoms. The summed E-state index contributed by atoms with van der Waals surface area (Å²) in [5.41, 5.74) is 0.